The number of benzene rings is 1. The van der Waals surface area contributed by atoms with Gasteiger partial charge in [-0.05, 0) is 49.4 Å². The maximum Gasteiger partial charge on any atom is 0.145 e. The van der Waals surface area contributed by atoms with Crippen molar-refractivity contribution in [2.24, 2.45) is 0 Å². The quantitative estimate of drug-likeness (QED) is 0.238. The number of aryl methyl sites for hydroxylation is 2. The van der Waals surface area contributed by atoms with Crippen molar-refractivity contribution < 1.29 is 9.47 Å². The van der Waals surface area contributed by atoms with Crippen LogP contribution in [0.1, 0.15) is 29.1 Å². The second-order valence-corrected chi connectivity index (χ2v) is 11.0. The molecule has 0 spiro atoms. The van der Waals surface area contributed by atoms with E-state index in [1.165, 1.54) is 39.9 Å². The molecule has 3 heterocycles. The number of hydrogen-bond acceptors (Lipinski definition) is 7. The van der Waals surface area contributed by atoms with Gasteiger partial charge >= 0.3 is 0 Å². The molecule has 5 rings (SSSR count). The first-order chi connectivity index (χ1) is 15.3. The lowest BCUT2D eigenvalue weighted by molar-refractivity contribution is 0.0330. The highest BCUT2D eigenvalue weighted by Gasteiger charge is 2.22. The van der Waals surface area contributed by atoms with Crippen LogP contribution in [-0.4, -0.2) is 53.5 Å². The molecular weight excluding hydrogens is 494 g/mol. The first-order valence-corrected chi connectivity index (χ1v) is 13.5. The molecule has 1 fully saturated rings. The molecule has 3 aromatic rings. The van der Waals surface area contributed by atoms with E-state index < -0.39 is 0 Å². The molecule has 0 N–H and O–H groups in total. The van der Waals surface area contributed by atoms with E-state index in [2.05, 4.69) is 20.8 Å². The van der Waals surface area contributed by atoms with Crippen molar-refractivity contribution in [3.63, 3.8) is 0 Å². The number of nitrogens with zero attached hydrogens (tertiary/aromatic N) is 3. The number of aromatic nitrogens is 2. The van der Waals surface area contributed by atoms with E-state index in [1.54, 1.807) is 11.8 Å². The van der Waals surface area contributed by atoms with Gasteiger partial charge in [0.1, 0.15) is 21.4 Å². The van der Waals surface area contributed by atoms with Gasteiger partial charge in [-0.3, -0.25) is 4.90 Å². The predicted octanol–water partition coefficient (Wildman–Crippen LogP) is 5.34. The van der Waals surface area contributed by atoms with Crippen molar-refractivity contribution in [1.29, 1.82) is 0 Å². The summed E-state index contributed by atoms with van der Waals surface area (Å²) in [4.78, 5) is 15.1. The summed E-state index contributed by atoms with van der Waals surface area (Å²) < 4.78 is 12.5. The predicted molar refractivity (Wildman–Crippen MR) is 131 cm³/mol. The average Bonchev–Trinajstić information content (AvgIpc) is 3.16. The summed E-state index contributed by atoms with van der Waals surface area (Å²) >= 11 is 7.19. The molecule has 1 aliphatic carbocycles. The van der Waals surface area contributed by atoms with E-state index in [9.17, 15) is 0 Å². The Labute approximate surface area is 199 Å². The van der Waals surface area contributed by atoms with Crippen LogP contribution < -0.4 is 4.74 Å². The fourth-order valence-electron chi connectivity index (χ4n) is 4.16. The minimum atomic E-state index is 0.651. The molecule has 0 atom stereocenters. The van der Waals surface area contributed by atoms with Crippen LogP contribution in [0.25, 0.3) is 10.2 Å². The molecule has 5 nitrogen and oxygen atoms in total. The minimum Gasteiger partial charge on any atom is -0.493 e. The Morgan fingerprint density at radius 3 is 2.90 bits per heavy atom. The number of fused-ring (bicyclic) bond motifs is 3. The lowest BCUT2D eigenvalue weighted by Crippen LogP contribution is -2.36. The second-order valence-electron chi connectivity index (χ2n) is 7.88. The first-order valence-electron chi connectivity index (χ1n) is 10.9. The third-order valence-electron chi connectivity index (χ3n) is 5.68. The highest BCUT2D eigenvalue weighted by Crippen LogP contribution is 2.39. The molecule has 1 saturated heterocycles. The van der Waals surface area contributed by atoms with Gasteiger partial charge < -0.3 is 9.47 Å². The lowest BCUT2D eigenvalue weighted by Gasteiger charge is -2.25. The zero-order chi connectivity index (χ0) is 21.0. The number of hydrogen-bond donors (Lipinski definition) is 0. The number of rotatable bonds is 7. The normalized spacial score (nSPS) is 17.1. The molecule has 164 valence electrons. The van der Waals surface area contributed by atoms with Crippen LogP contribution >= 0.6 is 39.0 Å². The molecule has 0 amide bonds. The van der Waals surface area contributed by atoms with Crippen LogP contribution in [0.5, 0.6) is 5.75 Å². The van der Waals surface area contributed by atoms with E-state index in [1.807, 2.05) is 35.6 Å². The van der Waals surface area contributed by atoms with Gasteiger partial charge in [0.15, 0.2) is 0 Å². The van der Waals surface area contributed by atoms with Crippen LogP contribution in [0.2, 0.25) is 0 Å². The zero-order valence-electron chi connectivity index (χ0n) is 17.4. The highest BCUT2D eigenvalue weighted by atomic mass is 79.9. The van der Waals surface area contributed by atoms with E-state index in [0.29, 0.717) is 6.61 Å². The van der Waals surface area contributed by atoms with Crippen molar-refractivity contribution in [3.8, 4) is 5.75 Å². The fraction of sp³-hybridized carbons (Fsp3) is 0.478. The Hall–Kier alpha value is -1.19. The highest BCUT2D eigenvalue weighted by molar-refractivity contribution is 9.10. The van der Waals surface area contributed by atoms with Gasteiger partial charge in [0, 0.05) is 33.6 Å². The number of morpholine rings is 1. The summed E-state index contributed by atoms with van der Waals surface area (Å²) in [7, 11) is 0. The van der Waals surface area contributed by atoms with Gasteiger partial charge in [-0.2, -0.15) is 0 Å². The molecule has 2 aromatic heterocycles. The zero-order valence-corrected chi connectivity index (χ0v) is 20.7. The van der Waals surface area contributed by atoms with Crippen LogP contribution in [0.4, 0.5) is 0 Å². The van der Waals surface area contributed by atoms with Crippen LogP contribution in [0.3, 0.4) is 0 Å². The SMILES string of the molecule is Brc1cccc(OCCSc2nc(CN3CCOCC3)nc3sc4c(c23)CCCC4)c1. The van der Waals surface area contributed by atoms with Gasteiger partial charge in [-0.25, -0.2) is 9.97 Å². The molecule has 2 aliphatic rings. The van der Waals surface area contributed by atoms with Crippen LogP contribution in [-0.2, 0) is 24.1 Å². The topological polar surface area (TPSA) is 47.5 Å². The van der Waals surface area contributed by atoms with E-state index in [-0.39, 0.29) is 0 Å². The van der Waals surface area contributed by atoms with Crippen LogP contribution in [0.15, 0.2) is 33.8 Å². The monoisotopic (exact) mass is 519 g/mol. The molecule has 0 radical (unpaired) electrons. The fourth-order valence-corrected chi connectivity index (χ4v) is 6.77. The molecule has 8 heteroatoms. The van der Waals surface area contributed by atoms with E-state index >= 15 is 0 Å². The maximum atomic E-state index is 5.95. The lowest BCUT2D eigenvalue weighted by atomic mass is 9.97. The molecule has 31 heavy (non-hydrogen) atoms. The molecule has 0 unspecified atom stereocenters. The Morgan fingerprint density at radius 1 is 1.16 bits per heavy atom. The van der Waals surface area contributed by atoms with Crippen LogP contribution in [0, 0.1) is 0 Å². The van der Waals surface area contributed by atoms with Crippen molar-refractivity contribution >= 4 is 49.2 Å². The van der Waals surface area contributed by atoms with Crippen molar-refractivity contribution in [3.05, 3.63) is 45.0 Å². The standard InChI is InChI=1S/C23H26BrN3O2S2/c24-16-4-3-5-17(14-16)29-12-13-30-22-21-18-6-1-2-7-19(18)31-23(21)26-20(25-22)15-27-8-10-28-11-9-27/h3-5,14H,1-2,6-13,15H2. The van der Waals surface area contributed by atoms with Gasteiger partial charge in [0.25, 0.3) is 0 Å². The smallest absolute Gasteiger partial charge is 0.145 e. The summed E-state index contributed by atoms with van der Waals surface area (Å²) in [5.41, 5.74) is 1.50. The van der Waals surface area contributed by atoms with Gasteiger partial charge in [-0.1, -0.05) is 22.0 Å². The molecule has 0 saturated carbocycles. The Kier molecular flexibility index (Phi) is 7.10. The molecule has 1 aliphatic heterocycles. The summed E-state index contributed by atoms with van der Waals surface area (Å²) in [5, 5.41) is 2.43. The third kappa shape index (κ3) is 5.25. The number of thiophene rings is 1. The van der Waals surface area contributed by atoms with E-state index in [4.69, 9.17) is 19.4 Å². The number of ether oxygens (including phenoxy) is 2. The first kappa shape index (κ1) is 21.6. The number of halogens is 1. The summed E-state index contributed by atoms with van der Waals surface area (Å²) in [5.74, 6) is 2.69. The largest absolute Gasteiger partial charge is 0.493 e. The Morgan fingerprint density at radius 2 is 2.03 bits per heavy atom. The third-order valence-corrected chi connectivity index (χ3v) is 8.30. The van der Waals surface area contributed by atoms with Gasteiger partial charge in [0.05, 0.1) is 26.4 Å². The van der Waals surface area contributed by atoms with Gasteiger partial charge in [-0.15, -0.1) is 23.1 Å². The second kappa shape index (κ2) is 10.2. The Balaban J connectivity index is 1.35. The summed E-state index contributed by atoms with van der Waals surface area (Å²) in [6.07, 6.45) is 4.90. The van der Waals surface area contributed by atoms with E-state index in [0.717, 1.165) is 66.1 Å². The maximum absolute atomic E-state index is 5.95. The molecular formula is C23H26BrN3O2S2. The van der Waals surface area contributed by atoms with Gasteiger partial charge in [0.2, 0.25) is 0 Å². The average molecular weight is 521 g/mol. The summed E-state index contributed by atoms with van der Waals surface area (Å²) in [6, 6.07) is 8.00. The molecule has 1 aromatic carbocycles. The van der Waals surface area contributed by atoms with Crippen molar-refractivity contribution in [2.75, 3.05) is 38.7 Å². The molecule has 0 bridgehead atoms. The van der Waals surface area contributed by atoms with Crippen molar-refractivity contribution in [1.82, 2.24) is 14.9 Å². The minimum absolute atomic E-state index is 0.651. The number of thioether (sulfide) groups is 1. The summed E-state index contributed by atoms with van der Waals surface area (Å²) in [6.45, 7) is 4.94. The Bertz CT molecular complexity index is 1050. The van der Waals surface area contributed by atoms with Crippen molar-refractivity contribution in [2.45, 2.75) is 37.3 Å².